The van der Waals surface area contributed by atoms with E-state index in [1.807, 2.05) is 0 Å². The number of rotatable bonds is 40. The average molecular weight is 910 g/mol. The third kappa shape index (κ3) is 23.8. The molecule has 0 saturated heterocycles. The normalized spacial score (nSPS) is 9.92. The maximum absolute atomic E-state index is 7.39. The van der Waals surface area contributed by atoms with Crippen LogP contribution in [0.2, 0.25) is 5.62 Å². The maximum atomic E-state index is 7.39. The van der Waals surface area contributed by atoms with Gasteiger partial charge in [-0.2, -0.15) is 0 Å². The molecule has 0 heterocycles. The molecule has 0 aliphatic carbocycles. The molecule has 86 radical (unpaired) electrons. The van der Waals surface area contributed by atoms with Crippen LogP contribution in [0.4, 0.5) is 0 Å². The largest absolute Gasteiger partial charge is 0.146 e. The molecule has 254 valence electrons. The van der Waals surface area contributed by atoms with E-state index in [1.165, 1.54) is 0 Å². The molecule has 0 aliphatic heterocycles. The molecule has 0 spiro atoms. The van der Waals surface area contributed by atoms with E-state index in [9.17, 15) is 0 Å². The Morgan fingerprint density at radius 2 is 0.214 bits per heavy atom. The summed E-state index contributed by atoms with van der Waals surface area (Å²) in [6, 6.07) is 0. The van der Waals surface area contributed by atoms with E-state index in [0.717, 1.165) is 0 Å². The van der Waals surface area contributed by atoms with Gasteiger partial charge in [-0.05, 0) is 0 Å². The van der Waals surface area contributed by atoms with Gasteiger partial charge < -0.3 is 0 Å². The molecule has 0 saturated carbocycles. The first kappa shape index (κ1) is 89.4. The average Bonchev–Trinajstić information content (AvgIpc) is 3.26. The minimum absolute atomic E-state index is 1.58. The summed E-state index contributed by atoms with van der Waals surface area (Å²) in [6.07, 6.45) is -63.0. The first-order valence-electron chi connectivity index (χ1n) is 27.7. The Balaban J connectivity index is 13.1. The quantitative estimate of drug-likeness (QED) is 0.0538. The number of hydrogen-bond donors (Lipinski definition) is 0. The highest BCUT2D eigenvalue weighted by Crippen LogP contribution is 2.36. The summed E-state index contributed by atoms with van der Waals surface area (Å²) < 4.78 is 0. The first-order chi connectivity index (χ1) is 38.2. The Morgan fingerprint density at radius 3 is 0.321 bits per heavy atom. The van der Waals surface area contributed by atoms with E-state index < -0.39 is 261 Å². The molecule has 83 heteroatoms. The second-order valence-electron chi connectivity index (χ2n) is 23.7. The van der Waals surface area contributed by atoms with Crippen LogP contribution in [0.5, 0.6) is 0 Å². The van der Waals surface area contributed by atoms with Gasteiger partial charge in [0.15, 0.2) is 0 Å². The second-order valence-corrected chi connectivity index (χ2v) is 23.7. The molecular formula is CHB83. The van der Waals surface area contributed by atoms with E-state index in [1.54, 1.807) is 0 Å². The lowest BCUT2D eigenvalue weighted by atomic mass is 8.27. The molecule has 0 rings (SSSR count). The van der Waals surface area contributed by atoms with Gasteiger partial charge in [0.1, 0.15) is 0 Å². The Bertz CT molecular complexity index is 1330. The molecule has 0 nitrogen and oxygen atoms in total. The van der Waals surface area contributed by atoms with E-state index in [4.69, 9.17) is 333 Å². The van der Waals surface area contributed by atoms with Gasteiger partial charge in [-0.1, -0.05) is 0 Å². The lowest BCUT2D eigenvalue weighted by Gasteiger charge is -2.62. The molecule has 0 bridgehead atoms. The smallest absolute Gasteiger partial charge is 0.0294 e. The third-order valence-electron chi connectivity index (χ3n) is 17.8. The number of hydrogen-bond acceptors (Lipinski definition) is 0. The van der Waals surface area contributed by atoms with Crippen molar-refractivity contribution < 1.29 is 0 Å². The first-order valence-corrected chi connectivity index (χ1v) is 27.7. The predicted molar refractivity (Wildman–Crippen MR) is 481 cm³/mol. The van der Waals surface area contributed by atoms with Crippen LogP contribution in [0.1, 0.15) is 0 Å². The molecular weight excluding hydrogens is 909 g/mol. The van der Waals surface area contributed by atoms with Gasteiger partial charge in [0, 0.05) is 588 Å². The van der Waals surface area contributed by atoms with Crippen LogP contribution in [-0.4, -0.2) is 588 Å². The maximum Gasteiger partial charge on any atom is 0.0294 e. The van der Waals surface area contributed by atoms with Crippen molar-refractivity contribution in [3.05, 3.63) is 0 Å². The summed E-state index contributed by atoms with van der Waals surface area (Å²) in [6.45, 7) is -5.76. The van der Waals surface area contributed by atoms with Gasteiger partial charge >= 0.3 is 0 Å². The second kappa shape index (κ2) is 41.0. The summed E-state index contributed by atoms with van der Waals surface area (Å²) in [5, 5.41) is 0. The van der Waals surface area contributed by atoms with Gasteiger partial charge in [0.2, 0.25) is 0 Å². The minimum Gasteiger partial charge on any atom is -0.146 e. The molecule has 0 aromatic carbocycles. The zero-order chi connectivity index (χ0) is 66.7. The zero-order valence-corrected chi connectivity index (χ0v) is 48.5. The van der Waals surface area contributed by atoms with E-state index in [-0.39, 0.29) is 0 Å². The van der Waals surface area contributed by atoms with Gasteiger partial charge in [-0.25, -0.2) is 0 Å². The zero-order valence-electron chi connectivity index (χ0n) is 48.5. The highest BCUT2D eigenvalue weighted by Gasteiger charge is 2.66. The lowest BCUT2D eigenvalue weighted by molar-refractivity contribution is 1.80. The van der Waals surface area contributed by atoms with Crippen molar-refractivity contribution in [1.82, 2.24) is 0 Å². The van der Waals surface area contributed by atoms with Gasteiger partial charge in [0.05, 0.1) is 0 Å². The Morgan fingerprint density at radius 1 is 0.107 bits per heavy atom. The summed E-state index contributed by atoms with van der Waals surface area (Å²) >= 11 is 0. The van der Waals surface area contributed by atoms with Crippen LogP contribution in [0, 0.1) is 0 Å². The van der Waals surface area contributed by atoms with Gasteiger partial charge in [-0.15, -0.1) is 5.62 Å². The van der Waals surface area contributed by atoms with Crippen LogP contribution in [0.15, 0.2) is 0 Å². The molecule has 0 fully saturated rings. The molecule has 0 atom stereocenters. The Hall–Kier alpha value is 5.39. The predicted octanol–water partition coefficient (Wildman–Crippen LogP) is -31.3. The van der Waals surface area contributed by atoms with Crippen molar-refractivity contribution in [2.75, 3.05) is 0 Å². The van der Waals surface area contributed by atoms with Crippen LogP contribution in [-0.2, 0) is 0 Å². The fourth-order valence-corrected chi connectivity index (χ4v) is 14.9. The summed E-state index contributed by atoms with van der Waals surface area (Å²) in [7, 11) is 297. The lowest BCUT2D eigenvalue weighted by Crippen LogP contribution is -2.95. The molecule has 0 aromatic rings. The van der Waals surface area contributed by atoms with Crippen LogP contribution in [0.25, 0.3) is 0 Å². The third-order valence-corrected chi connectivity index (χ3v) is 17.8. The fraction of sp³-hybridized carbons (Fsp3) is 1.00. The Labute approximate surface area is 588 Å². The van der Waals surface area contributed by atoms with Gasteiger partial charge in [0.25, 0.3) is 0 Å². The van der Waals surface area contributed by atoms with Crippen molar-refractivity contribution in [3.8, 4) is 0 Å². The summed E-state index contributed by atoms with van der Waals surface area (Å²) in [5.74, 6) is 0. The molecule has 0 N–H and O–H groups in total. The summed E-state index contributed by atoms with van der Waals surface area (Å²) in [5.41, 5.74) is -2.01. The van der Waals surface area contributed by atoms with Crippen molar-refractivity contribution in [2.24, 2.45) is 0 Å². The van der Waals surface area contributed by atoms with Gasteiger partial charge in [-0.3, -0.25) is 0 Å². The molecule has 84 heavy (non-hydrogen) atoms. The van der Waals surface area contributed by atoms with Crippen LogP contribution in [0.3, 0.4) is 0 Å². The fourth-order valence-electron chi connectivity index (χ4n) is 14.9. The SMILES string of the molecule is [B]B([B])B([B])B(B(B([B])[B])B([B])[B])B(B(B([B])[B])B([B])[B])C(B(B(B(B([B])[B])B([B])[B])B(B([B])[B])B([B])[B])B(B(B([B])[B])B([B])[B])B(B([B])[B])B([B])[B])B(B(B(B([B])[B])B([B])[B])B(B([B])[B])B([B])[B])B(B(B([B])[B])B([B])[B])B(B([B])[B])B([B])[B]. The van der Waals surface area contributed by atoms with Crippen LogP contribution >= 0.6 is 0 Å². The van der Waals surface area contributed by atoms with Crippen LogP contribution < -0.4 is 0 Å². The molecule has 0 amide bonds. The van der Waals surface area contributed by atoms with E-state index in [0.29, 0.717) is 0 Å². The van der Waals surface area contributed by atoms with Crippen molar-refractivity contribution >= 4 is 588 Å². The van der Waals surface area contributed by atoms with Crippen molar-refractivity contribution in [3.63, 3.8) is 0 Å². The standard InChI is InChI=1S/CHB83/c2-48(3)69(44)71(76(51(8)9)52(10)11)45(70(49(4)5)50(6)7)1(46(72(77(53(12)13)54(14)15)78(55(16)17)56(18)19)73(79(57(20)21)58(22)23)80(59(24)25)60(26)27)47(74(81(61(28)29)62(30)31)82(63(32)33)64(34)35)75(83(65(36)37)66(38)39)84(67(40)41)68(42)43/h1H. The molecule has 0 aliphatic rings. The molecule has 0 aromatic heterocycles. The Kier molecular flexibility index (Phi) is 43.6. The molecule has 0 unspecified atom stereocenters. The van der Waals surface area contributed by atoms with E-state index in [2.05, 4.69) is 0 Å². The highest BCUT2D eigenvalue weighted by atomic mass is 13.7. The van der Waals surface area contributed by atoms with E-state index >= 15 is 0 Å². The monoisotopic (exact) mass is 927 g/mol. The minimum atomic E-state index is -2.01. The van der Waals surface area contributed by atoms with Crippen molar-refractivity contribution in [1.29, 1.82) is 0 Å². The topological polar surface area (TPSA) is 0 Å². The summed E-state index contributed by atoms with van der Waals surface area (Å²) in [4.78, 5) is 0. The highest BCUT2D eigenvalue weighted by molar-refractivity contribution is 8.30. The van der Waals surface area contributed by atoms with Crippen molar-refractivity contribution in [2.45, 2.75) is 5.62 Å².